The van der Waals surface area contributed by atoms with Gasteiger partial charge in [0.25, 0.3) is 12.9 Å². The van der Waals surface area contributed by atoms with E-state index >= 15 is 0 Å². The highest BCUT2D eigenvalue weighted by Crippen LogP contribution is 2.47. The molecule has 0 amide bonds. The zero-order chi connectivity index (χ0) is 43.0. The van der Waals surface area contributed by atoms with Crippen LogP contribution in [0.3, 0.4) is 0 Å². The molecule has 5 N–H and O–H groups in total. The highest BCUT2D eigenvalue weighted by molar-refractivity contribution is 5.87. The van der Waals surface area contributed by atoms with Gasteiger partial charge in [0.1, 0.15) is 24.2 Å². The zero-order valence-electron chi connectivity index (χ0n) is 35.3. The molecule has 1 aromatic heterocycles. The quantitative estimate of drug-likeness (QED) is 0.0473. The molecule has 4 aliphatic rings. The number of aromatic nitrogens is 1. The van der Waals surface area contributed by atoms with Crippen molar-refractivity contribution in [3.63, 3.8) is 0 Å². The van der Waals surface area contributed by atoms with Gasteiger partial charge in [0.15, 0.2) is 0 Å². The Hall–Kier alpha value is -5.53. The number of pyridine rings is 1. The summed E-state index contributed by atoms with van der Waals surface area (Å²) in [6, 6.07) is 34.0. The molecule has 0 spiro atoms. The number of carbonyl (C=O) groups is 2. The van der Waals surface area contributed by atoms with E-state index in [0.717, 1.165) is 25.1 Å². The second kappa shape index (κ2) is 22.4. The minimum Gasteiger partial charge on any atom is -0.506 e. The van der Waals surface area contributed by atoms with Crippen molar-refractivity contribution in [2.24, 2.45) is 5.92 Å². The topological polar surface area (TPSA) is 162 Å². The fourth-order valence-electron chi connectivity index (χ4n) is 8.12. The van der Waals surface area contributed by atoms with Crippen molar-refractivity contribution in [1.82, 2.24) is 20.5 Å². The molecule has 3 atom stereocenters. The summed E-state index contributed by atoms with van der Waals surface area (Å²) in [7, 11) is 1.99. The summed E-state index contributed by atoms with van der Waals surface area (Å²) in [5.41, 5.74) is 6.18. The molecule has 3 saturated heterocycles. The van der Waals surface area contributed by atoms with E-state index in [9.17, 15) is 24.6 Å². The lowest BCUT2D eigenvalue weighted by atomic mass is 9.86. The summed E-state index contributed by atoms with van der Waals surface area (Å²) in [4.78, 5) is 36.4. The maximum Gasteiger partial charge on any atom is 0.293 e. The summed E-state index contributed by atoms with van der Waals surface area (Å²) in [5.74, 6) is 1.52. The number of nitrogens with one attached hydrogen (secondary N) is 3. The van der Waals surface area contributed by atoms with Crippen molar-refractivity contribution >= 4 is 23.8 Å². The van der Waals surface area contributed by atoms with Crippen LogP contribution in [0.5, 0.6) is 11.5 Å². The van der Waals surface area contributed by atoms with Gasteiger partial charge in [-0.3, -0.25) is 19.3 Å². The molecule has 1 aliphatic carbocycles. The van der Waals surface area contributed by atoms with Crippen LogP contribution in [0.2, 0.25) is 0 Å². The van der Waals surface area contributed by atoms with Crippen molar-refractivity contribution < 1.29 is 34.0 Å². The third-order valence-corrected chi connectivity index (χ3v) is 12.0. The average molecular weight is 833 g/mol. The molecule has 5 aromatic rings. The van der Waals surface area contributed by atoms with Crippen molar-refractivity contribution in [3.05, 3.63) is 141 Å². The van der Waals surface area contributed by atoms with Gasteiger partial charge in [-0.05, 0) is 129 Å². The Labute approximate surface area is 358 Å². The van der Waals surface area contributed by atoms with Crippen molar-refractivity contribution in [2.45, 2.75) is 75.7 Å². The molecule has 61 heavy (non-hydrogen) atoms. The molecule has 3 aliphatic heterocycles. The van der Waals surface area contributed by atoms with Crippen LogP contribution in [0.1, 0.15) is 85.4 Å². The highest BCUT2D eigenvalue weighted by Gasteiger charge is 2.38. The van der Waals surface area contributed by atoms with Crippen molar-refractivity contribution in [2.75, 3.05) is 46.4 Å². The van der Waals surface area contributed by atoms with Crippen LogP contribution in [0.15, 0.2) is 108 Å². The molecular formula is C49H60N4O8. The molecule has 4 heterocycles. The molecule has 4 aromatic carbocycles. The molecule has 12 heteroatoms. The first-order valence-corrected chi connectivity index (χ1v) is 21.4. The Kier molecular flexibility index (Phi) is 16.5. The number of phenols is 1. The van der Waals surface area contributed by atoms with E-state index in [1.807, 2.05) is 19.2 Å². The van der Waals surface area contributed by atoms with Gasteiger partial charge in [0.2, 0.25) is 5.56 Å². The Morgan fingerprint density at radius 1 is 0.902 bits per heavy atom. The van der Waals surface area contributed by atoms with E-state index in [-0.39, 0.29) is 23.5 Å². The number of hydrogen-bond acceptors (Lipinski definition) is 11. The highest BCUT2D eigenvalue weighted by atomic mass is 16.5. The number of piperidine rings is 3. The molecule has 324 valence electrons. The number of nitrogens with zero attached hydrogens (tertiary/aromatic N) is 1. The number of benzene rings is 4. The van der Waals surface area contributed by atoms with E-state index < -0.39 is 6.10 Å². The van der Waals surface area contributed by atoms with Gasteiger partial charge in [0, 0.05) is 24.5 Å². The number of fused-ring (bicyclic) bond motifs is 4. The molecule has 12 nitrogen and oxygen atoms in total. The molecule has 9 rings (SSSR count). The number of hydrogen-bond donors (Lipinski definition) is 5. The Morgan fingerprint density at radius 3 is 2.33 bits per heavy atom. The molecule has 4 fully saturated rings. The van der Waals surface area contributed by atoms with Crippen LogP contribution in [0, 0.1) is 5.92 Å². The molecular weight excluding hydrogens is 773 g/mol. The lowest BCUT2D eigenvalue weighted by Gasteiger charge is -2.43. The third kappa shape index (κ3) is 12.7. The molecule has 0 radical (unpaired) electrons. The average Bonchev–Trinajstić information content (AvgIpc) is 4.05. The van der Waals surface area contributed by atoms with Crippen LogP contribution in [-0.4, -0.2) is 85.5 Å². The van der Waals surface area contributed by atoms with Crippen molar-refractivity contribution in [1.29, 1.82) is 0 Å². The third-order valence-electron chi connectivity index (χ3n) is 12.0. The SMILES string of the molecule is CNC(c1ccccc1)c1cccc(OCc2ccc(C3(C)CC3)cc2)c1.O=COCCCCNCC(O)c1ccc(O)c2[nH]c(=O)ccc12.O=CO[C@H]1CN2CCC1CC2. The van der Waals surface area contributed by atoms with Gasteiger partial charge < -0.3 is 40.0 Å². The predicted octanol–water partition coefficient (Wildman–Crippen LogP) is 6.69. The largest absolute Gasteiger partial charge is 0.506 e. The summed E-state index contributed by atoms with van der Waals surface area (Å²) in [5, 5.41) is 27.3. The Morgan fingerprint density at radius 2 is 1.66 bits per heavy atom. The molecule has 2 bridgehead atoms. The normalized spacial score (nSPS) is 19.2. The number of ether oxygens (including phenoxy) is 3. The summed E-state index contributed by atoms with van der Waals surface area (Å²) >= 11 is 0. The first-order chi connectivity index (χ1) is 29.7. The van der Waals surface area contributed by atoms with E-state index in [2.05, 4.69) is 98.9 Å². The second-order valence-electron chi connectivity index (χ2n) is 16.3. The van der Waals surface area contributed by atoms with Gasteiger partial charge in [0.05, 0.1) is 24.3 Å². The van der Waals surface area contributed by atoms with Gasteiger partial charge in [-0.25, -0.2) is 0 Å². The Bertz CT molecular complexity index is 2190. The number of aliphatic hydroxyl groups excluding tert-OH is 1. The summed E-state index contributed by atoms with van der Waals surface area (Å²) < 4.78 is 15.7. The van der Waals surface area contributed by atoms with E-state index in [4.69, 9.17) is 9.47 Å². The van der Waals surface area contributed by atoms with E-state index in [0.29, 0.717) is 67.0 Å². The van der Waals surface area contributed by atoms with Crippen LogP contribution in [-0.2, 0) is 31.1 Å². The second-order valence-corrected chi connectivity index (χ2v) is 16.3. The summed E-state index contributed by atoms with van der Waals surface area (Å²) in [6.07, 6.45) is 6.03. The number of rotatable bonds is 18. The predicted molar refractivity (Wildman–Crippen MR) is 237 cm³/mol. The summed E-state index contributed by atoms with van der Waals surface area (Å²) in [6.45, 7) is 8.73. The number of aliphatic hydroxyl groups is 1. The number of aromatic amines is 1. The minimum absolute atomic E-state index is 0.0308. The van der Waals surface area contributed by atoms with Gasteiger partial charge in [-0.15, -0.1) is 0 Å². The first-order valence-electron chi connectivity index (χ1n) is 21.4. The standard InChI is InChI=1S/C25H27NO.C16H20N2O5.C8H13NO2/c1-25(15-16-25)22-13-11-19(12-14-22)18-27-23-10-6-9-21(17-23)24(26-2)20-7-4-3-5-8-20;19-10-23-8-2-1-7-17-9-14(21)11-3-5-13(20)16-12(11)4-6-15(22)18-16;10-6-11-8-5-9-3-1-7(8)2-4-9/h3-14,17,24,26H,15-16,18H2,1-2H3;3-6,10,14,17,20-21H,1-2,7-9H2,(H,18,22);6-8H,1-5H2/t;;8-/m..0/s1. The number of aromatic hydroxyl groups is 1. The van der Waals surface area contributed by atoms with Gasteiger partial charge in [-0.1, -0.05) is 79.7 Å². The number of unbranched alkanes of at least 4 members (excludes halogenated alkanes) is 1. The van der Waals surface area contributed by atoms with Crippen LogP contribution >= 0.6 is 0 Å². The maximum absolute atomic E-state index is 11.4. The molecule has 2 unspecified atom stereocenters. The maximum atomic E-state index is 11.4. The van der Waals surface area contributed by atoms with E-state index in [1.54, 1.807) is 12.1 Å². The smallest absolute Gasteiger partial charge is 0.293 e. The number of H-pyrrole nitrogens is 1. The fraction of sp³-hybridized carbons (Fsp3) is 0.408. The monoisotopic (exact) mass is 832 g/mol. The van der Waals surface area contributed by atoms with Crippen LogP contribution in [0.4, 0.5) is 0 Å². The Balaban J connectivity index is 0.000000165. The van der Waals surface area contributed by atoms with Gasteiger partial charge in [-0.2, -0.15) is 0 Å². The van der Waals surface area contributed by atoms with Crippen molar-refractivity contribution in [3.8, 4) is 11.5 Å². The van der Waals surface area contributed by atoms with Crippen LogP contribution < -0.4 is 20.9 Å². The van der Waals surface area contributed by atoms with Crippen LogP contribution in [0.25, 0.3) is 10.9 Å². The van der Waals surface area contributed by atoms with Gasteiger partial charge >= 0.3 is 0 Å². The van der Waals surface area contributed by atoms with E-state index in [1.165, 1.54) is 73.2 Å². The lowest BCUT2D eigenvalue weighted by Crippen LogP contribution is -2.51. The fourth-order valence-corrected chi connectivity index (χ4v) is 8.12. The first kappa shape index (κ1) is 45.0. The minimum atomic E-state index is -0.768. The zero-order valence-corrected chi connectivity index (χ0v) is 35.3. The lowest BCUT2D eigenvalue weighted by molar-refractivity contribution is -0.143. The number of carbonyl (C=O) groups excluding carboxylic acids is 2. The molecule has 1 saturated carbocycles. The number of phenolic OH excluding ortho intramolecular Hbond substituents is 1.